The van der Waals surface area contributed by atoms with Gasteiger partial charge in [-0.05, 0) is 37.1 Å². The minimum Gasteiger partial charge on any atom is -0.340 e. The van der Waals surface area contributed by atoms with Crippen LogP contribution in [0.25, 0.3) is 6.08 Å². The first-order chi connectivity index (χ1) is 13.1. The molecular formula is C18H19FN2O4S3. The Bertz CT molecular complexity index is 960. The van der Waals surface area contributed by atoms with Crippen LogP contribution in [-0.2, 0) is 19.4 Å². The van der Waals surface area contributed by atoms with Gasteiger partial charge >= 0.3 is 0 Å². The fourth-order valence-electron chi connectivity index (χ4n) is 3.19. The molecule has 0 aliphatic carbocycles. The summed E-state index contributed by atoms with van der Waals surface area (Å²) in [6.45, 7) is 1.58. The van der Waals surface area contributed by atoms with Crippen molar-refractivity contribution < 1.29 is 22.4 Å². The van der Waals surface area contributed by atoms with E-state index >= 15 is 0 Å². The average Bonchev–Trinajstić information content (AvgIpc) is 3.14. The number of hydrogen-bond acceptors (Lipinski definition) is 6. The Morgan fingerprint density at radius 3 is 2.61 bits per heavy atom. The summed E-state index contributed by atoms with van der Waals surface area (Å²) in [5.41, 5.74) is 0.647. The molecule has 2 amide bonds. The number of benzene rings is 1. The molecule has 6 nitrogen and oxygen atoms in total. The highest BCUT2D eigenvalue weighted by Gasteiger charge is 2.41. The fraction of sp³-hybridized carbons (Fsp3) is 0.389. The lowest BCUT2D eigenvalue weighted by Crippen LogP contribution is -2.50. The minimum absolute atomic E-state index is 0.0606. The number of amides is 2. The van der Waals surface area contributed by atoms with E-state index in [-0.39, 0.29) is 27.6 Å². The maximum atomic E-state index is 13.0. The molecule has 0 bridgehead atoms. The van der Waals surface area contributed by atoms with Crippen molar-refractivity contribution in [2.24, 2.45) is 0 Å². The third-order valence-electron chi connectivity index (χ3n) is 4.84. The van der Waals surface area contributed by atoms with Crippen molar-refractivity contribution in [1.82, 2.24) is 9.80 Å². The maximum absolute atomic E-state index is 13.0. The normalized spacial score (nSPS) is 24.0. The Kier molecular flexibility index (Phi) is 5.92. The van der Waals surface area contributed by atoms with Crippen LogP contribution >= 0.6 is 24.0 Å². The minimum atomic E-state index is -3.13. The monoisotopic (exact) mass is 442 g/mol. The molecule has 2 fully saturated rings. The van der Waals surface area contributed by atoms with E-state index in [0.29, 0.717) is 16.9 Å². The van der Waals surface area contributed by atoms with Gasteiger partial charge in [-0.1, -0.05) is 36.1 Å². The van der Waals surface area contributed by atoms with Gasteiger partial charge in [0.05, 0.1) is 16.4 Å². The number of thioether (sulfide) groups is 1. The van der Waals surface area contributed by atoms with Crippen LogP contribution in [0.1, 0.15) is 18.9 Å². The van der Waals surface area contributed by atoms with Crippen LogP contribution in [0.4, 0.5) is 4.39 Å². The van der Waals surface area contributed by atoms with Gasteiger partial charge in [-0.25, -0.2) is 12.8 Å². The SMILES string of the molecule is CC(C(=O)N(C)C1CCS(=O)(=O)C1)N1C(=O)C(=Cc2ccc(F)cc2)SC1=S. The quantitative estimate of drug-likeness (QED) is 0.525. The van der Waals surface area contributed by atoms with Gasteiger partial charge in [0.1, 0.15) is 16.2 Å². The smallest absolute Gasteiger partial charge is 0.266 e. The van der Waals surface area contributed by atoms with Crippen molar-refractivity contribution in [1.29, 1.82) is 0 Å². The van der Waals surface area contributed by atoms with Crippen LogP contribution in [0, 0.1) is 5.82 Å². The van der Waals surface area contributed by atoms with E-state index in [4.69, 9.17) is 12.2 Å². The van der Waals surface area contributed by atoms with Crippen molar-refractivity contribution in [2.45, 2.75) is 25.4 Å². The molecule has 1 aromatic rings. The number of rotatable bonds is 4. The first-order valence-corrected chi connectivity index (χ1v) is 11.6. The zero-order chi connectivity index (χ0) is 20.6. The van der Waals surface area contributed by atoms with Gasteiger partial charge < -0.3 is 4.90 Å². The molecule has 2 saturated heterocycles. The highest BCUT2D eigenvalue weighted by Crippen LogP contribution is 2.34. The van der Waals surface area contributed by atoms with Crippen molar-refractivity contribution in [2.75, 3.05) is 18.6 Å². The van der Waals surface area contributed by atoms with Crippen LogP contribution in [0.15, 0.2) is 29.2 Å². The molecule has 3 rings (SSSR count). The number of sulfone groups is 1. The first kappa shape index (κ1) is 20.9. The molecule has 0 spiro atoms. The molecule has 10 heteroatoms. The lowest BCUT2D eigenvalue weighted by molar-refractivity contribution is -0.139. The molecule has 0 N–H and O–H groups in total. The molecule has 2 atom stereocenters. The zero-order valence-corrected chi connectivity index (χ0v) is 17.7. The molecule has 1 aromatic carbocycles. The second-order valence-corrected chi connectivity index (χ2v) is 10.7. The number of likely N-dealkylation sites (N-methyl/N-ethyl adjacent to an activating group) is 1. The van der Waals surface area contributed by atoms with E-state index in [0.717, 1.165) is 11.8 Å². The Hall–Kier alpha value is -1.78. The van der Waals surface area contributed by atoms with E-state index in [1.807, 2.05) is 0 Å². The number of halogens is 1. The van der Waals surface area contributed by atoms with Gasteiger partial charge in [-0.2, -0.15) is 0 Å². The van der Waals surface area contributed by atoms with E-state index in [9.17, 15) is 22.4 Å². The van der Waals surface area contributed by atoms with Crippen LogP contribution in [0.3, 0.4) is 0 Å². The molecule has 0 aromatic heterocycles. The molecule has 2 aliphatic heterocycles. The third kappa shape index (κ3) is 4.28. The summed E-state index contributed by atoms with van der Waals surface area (Å²) >= 11 is 6.36. The summed E-state index contributed by atoms with van der Waals surface area (Å²) in [4.78, 5) is 28.6. The number of nitrogens with zero attached hydrogens (tertiary/aromatic N) is 2. The number of hydrogen-bond donors (Lipinski definition) is 0. The predicted molar refractivity (Wildman–Crippen MR) is 111 cm³/mol. The van der Waals surface area contributed by atoms with Crippen LogP contribution < -0.4 is 0 Å². The fourth-order valence-corrected chi connectivity index (χ4v) is 6.38. The summed E-state index contributed by atoms with van der Waals surface area (Å²) in [6, 6.07) is 4.44. The lowest BCUT2D eigenvalue weighted by Gasteiger charge is -2.30. The standard InChI is InChI=1S/C18H19FN2O4S3/c1-11(16(22)20(2)14-7-8-28(24,25)10-14)21-17(23)15(27-18(21)26)9-12-3-5-13(19)6-4-12/h3-6,9,11,14H,7-8,10H2,1-2H3. The average molecular weight is 443 g/mol. The van der Waals surface area contributed by atoms with Gasteiger partial charge in [0.15, 0.2) is 9.84 Å². The van der Waals surface area contributed by atoms with Gasteiger partial charge in [0.25, 0.3) is 5.91 Å². The molecule has 2 heterocycles. The maximum Gasteiger partial charge on any atom is 0.266 e. The van der Waals surface area contributed by atoms with Gasteiger partial charge in [-0.15, -0.1) is 0 Å². The third-order valence-corrected chi connectivity index (χ3v) is 7.92. The molecule has 0 saturated carbocycles. The topological polar surface area (TPSA) is 74.8 Å². The summed E-state index contributed by atoms with van der Waals surface area (Å²) in [7, 11) is -1.57. The first-order valence-electron chi connectivity index (χ1n) is 8.59. The molecule has 2 aliphatic rings. The summed E-state index contributed by atoms with van der Waals surface area (Å²) in [5.74, 6) is -1.13. The van der Waals surface area contributed by atoms with E-state index in [1.54, 1.807) is 32.2 Å². The molecule has 28 heavy (non-hydrogen) atoms. The van der Waals surface area contributed by atoms with Gasteiger partial charge in [0.2, 0.25) is 5.91 Å². The second-order valence-electron chi connectivity index (χ2n) is 6.79. The van der Waals surface area contributed by atoms with Crippen LogP contribution in [0.5, 0.6) is 0 Å². The second kappa shape index (κ2) is 7.92. The molecule has 0 radical (unpaired) electrons. The van der Waals surface area contributed by atoms with Crippen molar-refractivity contribution in [3.05, 3.63) is 40.6 Å². The summed E-state index contributed by atoms with van der Waals surface area (Å²) < 4.78 is 36.7. The highest BCUT2D eigenvalue weighted by atomic mass is 32.2. The van der Waals surface area contributed by atoms with Gasteiger partial charge in [-0.3, -0.25) is 14.5 Å². The number of carbonyl (C=O) groups is 2. The zero-order valence-electron chi connectivity index (χ0n) is 15.3. The van der Waals surface area contributed by atoms with Crippen molar-refractivity contribution in [3.63, 3.8) is 0 Å². The van der Waals surface area contributed by atoms with Gasteiger partial charge in [0, 0.05) is 13.1 Å². The molecule has 150 valence electrons. The van der Waals surface area contributed by atoms with E-state index in [1.165, 1.54) is 21.9 Å². The predicted octanol–water partition coefficient (Wildman–Crippen LogP) is 2.06. The molecular weight excluding hydrogens is 423 g/mol. The van der Waals surface area contributed by atoms with Crippen LogP contribution in [-0.4, -0.2) is 65.0 Å². The largest absolute Gasteiger partial charge is 0.340 e. The Balaban J connectivity index is 1.75. The Morgan fingerprint density at radius 2 is 2.04 bits per heavy atom. The van der Waals surface area contributed by atoms with Crippen LogP contribution in [0.2, 0.25) is 0 Å². The van der Waals surface area contributed by atoms with E-state index in [2.05, 4.69) is 0 Å². The number of thiocarbonyl (C=S) groups is 1. The Labute approximate surface area is 172 Å². The Morgan fingerprint density at radius 1 is 1.39 bits per heavy atom. The summed E-state index contributed by atoms with van der Waals surface area (Å²) in [5, 5.41) is 0. The molecule has 2 unspecified atom stereocenters. The lowest BCUT2D eigenvalue weighted by atomic mass is 10.1. The van der Waals surface area contributed by atoms with Crippen molar-refractivity contribution in [3.8, 4) is 0 Å². The highest BCUT2D eigenvalue weighted by molar-refractivity contribution is 8.26. The summed E-state index contributed by atoms with van der Waals surface area (Å²) in [6.07, 6.45) is 1.99. The number of carbonyl (C=O) groups excluding carboxylic acids is 2. The van der Waals surface area contributed by atoms with E-state index < -0.39 is 27.8 Å². The van der Waals surface area contributed by atoms with Crippen molar-refractivity contribution >= 4 is 56.0 Å².